The van der Waals surface area contributed by atoms with Gasteiger partial charge in [0.15, 0.2) is 11.5 Å². The molecule has 0 spiro atoms. The molecular formula is C16H13F3N8O. The molecule has 0 aliphatic heterocycles. The molecule has 1 atom stereocenters. The predicted octanol–water partition coefficient (Wildman–Crippen LogP) is 3.04. The van der Waals surface area contributed by atoms with Crippen molar-refractivity contribution in [1.82, 2.24) is 34.9 Å². The summed E-state index contributed by atoms with van der Waals surface area (Å²) in [5.41, 5.74) is 1.27. The summed E-state index contributed by atoms with van der Waals surface area (Å²) in [6, 6.07) is 2.05. The van der Waals surface area contributed by atoms with Gasteiger partial charge in [0.1, 0.15) is 17.2 Å². The summed E-state index contributed by atoms with van der Waals surface area (Å²) in [5.74, 6) is -0.0864. The van der Waals surface area contributed by atoms with Crippen LogP contribution >= 0.6 is 0 Å². The third-order valence-electron chi connectivity index (χ3n) is 3.94. The highest BCUT2D eigenvalue weighted by Gasteiger charge is 2.18. The van der Waals surface area contributed by atoms with E-state index in [4.69, 9.17) is 0 Å². The standard InChI is InChI=1S/C16H13F3N8O/c1-8(9-5-20-3-2-10(9)17)27-15-11(6-22-27)21-7-13(24-15)23-12-4-14(26-25-12)28-16(18)19/h2-8,16H,1H3,(H2,23,24,25,26)/t8-/m0/s1. The van der Waals surface area contributed by atoms with Gasteiger partial charge in [-0.1, -0.05) is 0 Å². The van der Waals surface area contributed by atoms with Gasteiger partial charge in [-0.05, 0) is 13.0 Å². The van der Waals surface area contributed by atoms with E-state index < -0.39 is 18.5 Å². The Kier molecular flexibility index (Phi) is 4.51. The average molecular weight is 390 g/mol. The number of nitrogens with one attached hydrogen (secondary N) is 2. The number of nitrogens with zero attached hydrogens (tertiary/aromatic N) is 6. The van der Waals surface area contributed by atoms with Crippen LogP contribution in [0.3, 0.4) is 0 Å². The molecule has 2 N–H and O–H groups in total. The van der Waals surface area contributed by atoms with Crippen molar-refractivity contribution in [1.29, 1.82) is 0 Å². The van der Waals surface area contributed by atoms with Crippen molar-refractivity contribution in [2.24, 2.45) is 0 Å². The first kappa shape index (κ1) is 17.7. The SMILES string of the molecule is C[C@@H](c1cnccc1F)n1ncc2ncc(Nc3cc(OC(F)F)n[nH]3)nc21. The first-order valence-electron chi connectivity index (χ1n) is 8.08. The molecule has 28 heavy (non-hydrogen) atoms. The number of aromatic nitrogens is 7. The molecule has 4 aromatic heterocycles. The minimum Gasteiger partial charge on any atom is -0.415 e. The summed E-state index contributed by atoms with van der Waals surface area (Å²) in [5, 5.41) is 13.2. The molecule has 0 saturated carbocycles. The van der Waals surface area contributed by atoms with Gasteiger partial charge >= 0.3 is 6.61 Å². The van der Waals surface area contributed by atoms with E-state index in [0.717, 1.165) is 0 Å². The van der Waals surface area contributed by atoms with E-state index >= 15 is 0 Å². The van der Waals surface area contributed by atoms with Crippen molar-refractivity contribution in [2.45, 2.75) is 19.6 Å². The van der Waals surface area contributed by atoms with Crippen LogP contribution in [-0.2, 0) is 0 Å². The number of H-pyrrole nitrogens is 1. The van der Waals surface area contributed by atoms with E-state index in [1.807, 2.05) is 0 Å². The van der Waals surface area contributed by atoms with Gasteiger partial charge in [0, 0.05) is 24.0 Å². The van der Waals surface area contributed by atoms with Crippen LogP contribution in [0.4, 0.5) is 24.8 Å². The number of hydrogen-bond acceptors (Lipinski definition) is 7. The smallest absolute Gasteiger partial charge is 0.388 e. The van der Waals surface area contributed by atoms with Gasteiger partial charge in [-0.2, -0.15) is 13.9 Å². The van der Waals surface area contributed by atoms with Crippen LogP contribution in [0.5, 0.6) is 5.88 Å². The zero-order valence-electron chi connectivity index (χ0n) is 14.3. The fourth-order valence-corrected chi connectivity index (χ4v) is 2.65. The largest absolute Gasteiger partial charge is 0.415 e. The second-order valence-electron chi connectivity index (χ2n) is 5.75. The maximum Gasteiger partial charge on any atom is 0.388 e. The van der Waals surface area contributed by atoms with Crippen molar-refractivity contribution >= 4 is 22.8 Å². The number of fused-ring (bicyclic) bond motifs is 1. The monoisotopic (exact) mass is 390 g/mol. The molecule has 9 nitrogen and oxygen atoms in total. The number of aromatic amines is 1. The first-order valence-corrected chi connectivity index (χ1v) is 8.08. The molecule has 0 bridgehead atoms. The third kappa shape index (κ3) is 3.43. The maximum atomic E-state index is 14.1. The van der Waals surface area contributed by atoms with E-state index in [1.165, 1.54) is 41.6 Å². The van der Waals surface area contributed by atoms with Gasteiger partial charge in [0.05, 0.1) is 18.4 Å². The number of halogens is 3. The molecule has 0 aliphatic carbocycles. The van der Waals surface area contributed by atoms with Crippen LogP contribution in [0.15, 0.2) is 36.9 Å². The van der Waals surface area contributed by atoms with Crippen LogP contribution in [0.1, 0.15) is 18.5 Å². The quantitative estimate of drug-likeness (QED) is 0.521. The lowest BCUT2D eigenvalue weighted by molar-refractivity contribution is -0.0528. The topological polar surface area (TPSA) is 106 Å². The summed E-state index contributed by atoms with van der Waals surface area (Å²) in [6.07, 6.45) is 5.75. The normalized spacial score (nSPS) is 12.5. The summed E-state index contributed by atoms with van der Waals surface area (Å²) in [7, 11) is 0. The van der Waals surface area contributed by atoms with Crippen LogP contribution in [0.25, 0.3) is 11.2 Å². The lowest BCUT2D eigenvalue weighted by Gasteiger charge is -2.14. The van der Waals surface area contributed by atoms with Gasteiger partial charge < -0.3 is 10.1 Å². The van der Waals surface area contributed by atoms with Crippen molar-refractivity contribution in [3.8, 4) is 5.88 Å². The molecule has 144 valence electrons. The Labute approximate surface area is 155 Å². The van der Waals surface area contributed by atoms with Gasteiger partial charge in [0.2, 0.25) is 5.88 Å². The van der Waals surface area contributed by atoms with Gasteiger partial charge in [-0.25, -0.2) is 19.0 Å². The maximum absolute atomic E-state index is 14.1. The fourth-order valence-electron chi connectivity index (χ4n) is 2.65. The molecule has 4 heterocycles. The molecule has 4 aromatic rings. The number of alkyl halides is 2. The Morgan fingerprint density at radius 2 is 2.11 bits per heavy atom. The third-order valence-corrected chi connectivity index (χ3v) is 3.94. The molecule has 12 heteroatoms. The van der Waals surface area contributed by atoms with E-state index in [0.29, 0.717) is 22.5 Å². The van der Waals surface area contributed by atoms with Crippen molar-refractivity contribution in [3.05, 3.63) is 48.3 Å². The zero-order chi connectivity index (χ0) is 19.7. The second-order valence-corrected chi connectivity index (χ2v) is 5.75. The predicted molar refractivity (Wildman–Crippen MR) is 91.8 cm³/mol. The first-order chi connectivity index (χ1) is 13.5. The van der Waals surface area contributed by atoms with Gasteiger partial charge in [-0.15, -0.1) is 5.10 Å². The van der Waals surface area contributed by atoms with Gasteiger partial charge in [0.25, 0.3) is 0 Å². The minimum atomic E-state index is -2.98. The summed E-state index contributed by atoms with van der Waals surface area (Å²) >= 11 is 0. The fraction of sp³-hybridized carbons (Fsp3) is 0.188. The molecule has 0 radical (unpaired) electrons. The lowest BCUT2D eigenvalue weighted by atomic mass is 10.1. The molecule has 4 rings (SSSR count). The molecule has 0 fully saturated rings. The van der Waals surface area contributed by atoms with Crippen LogP contribution in [0, 0.1) is 5.82 Å². The Balaban J connectivity index is 1.63. The van der Waals surface area contributed by atoms with Gasteiger partial charge in [-0.3, -0.25) is 10.1 Å². The average Bonchev–Trinajstić information content (AvgIpc) is 3.27. The molecule has 0 aliphatic rings. The number of hydrogen-bond donors (Lipinski definition) is 2. The lowest BCUT2D eigenvalue weighted by Crippen LogP contribution is -2.11. The number of rotatable bonds is 6. The summed E-state index contributed by atoms with van der Waals surface area (Å²) < 4.78 is 44.2. The zero-order valence-corrected chi connectivity index (χ0v) is 14.3. The number of ether oxygens (including phenoxy) is 1. The number of pyridine rings is 1. The van der Waals surface area contributed by atoms with Crippen molar-refractivity contribution in [2.75, 3.05) is 5.32 Å². The van der Waals surface area contributed by atoms with E-state index in [2.05, 4.69) is 40.3 Å². The van der Waals surface area contributed by atoms with Crippen LogP contribution in [0.2, 0.25) is 0 Å². The van der Waals surface area contributed by atoms with E-state index in [9.17, 15) is 13.2 Å². The second kappa shape index (κ2) is 7.13. The highest BCUT2D eigenvalue weighted by molar-refractivity contribution is 5.72. The van der Waals surface area contributed by atoms with Crippen LogP contribution in [-0.4, -0.2) is 41.5 Å². The van der Waals surface area contributed by atoms with E-state index in [1.54, 1.807) is 6.92 Å². The minimum absolute atomic E-state index is 0.266. The number of anilines is 2. The summed E-state index contributed by atoms with van der Waals surface area (Å²) in [6.45, 7) is -1.21. The van der Waals surface area contributed by atoms with Crippen LogP contribution < -0.4 is 10.1 Å². The molecule has 0 saturated heterocycles. The van der Waals surface area contributed by atoms with E-state index in [-0.39, 0.29) is 11.7 Å². The molecule has 0 amide bonds. The highest BCUT2D eigenvalue weighted by Crippen LogP contribution is 2.24. The Morgan fingerprint density at radius 3 is 2.89 bits per heavy atom. The van der Waals surface area contributed by atoms with Crippen molar-refractivity contribution in [3.63, 3.8) is 0 Å². The molecular weight excluding hydrogens is 377 g/mol. The molecule has 0 unspecified atom stereocenters. The summed E-state index contributed by atoms with van der Waals surface area (Å²) in [4.78, 5) is 12.6. The Bertz CT molecular complexity index is 1110. The molecule has 0 aromatic carbocycles. The Morgan fingerprint density at radius 1 is 1.25 bits per heavy atom. The Hall–Kier alpha value is -3.70. The highest BCUT2D eigenvalue weighted by atomic mass is 19.3. The van der Waals surface area contributed by atoms with Crippen molar-refractivity contribution < 1.29 is 17.9 Å².